The third-order valence-electron chi connectivity index (χ3n) is 10.3. The number of fused-ring (bicyclic) bond motifs is 1. The number of aromatic nitrogens is 4. The number of pyridine rings is 1. The lowest BCUT2D eigenvalue weighted by atomic mass is 9.85. The molecule has 2 fully saturated rings. The maximum atomic E-state index is 14.0. The number of carbonyl (C=O) groups excluding carboxylic acids is 2. The number of benzene rings is 2. The molecule has 2 aromatic carbocycles. The molecular weight excluding hydrogens is 588 g/mol. The Hall–Kier alpha value is -4.96. The van der Waals surface area contributed by atoms with Crippen molar-refractivity contribution in [2.45, 2.75) is 32.7 Å². The molecule has 4 aliphatic heterocycles. The monoisotopic (exact) mass is 626 g/mol. The van der Waals surface area contributed by atoms with Crippen LogP contribution in [-0.2, 0) is 23.2 Å². The summed E-state index contributed by atoms with van der Waals surface area (Å²) in [6.07, 6.45) is 9.96. The predicted octanol–water partition coefficient (Wildman–Crippen LogP) is 4.28. The lowest BCUT2D eigenvalue weighted by Crippen LogP contribution is -2.43. The summed E-state index contributed by atoms with van der Waals surface area (Å²) in [6.45, 7) is 6.46. The van der Waals surface area contributed by atoms with Gasteiger partial charge in [-0.1, -0.05) is 36.4 Å². The van der Waals surface area contributed by atoms with E-state index < -0.39 is 5.41 Å². The smallest absolute Gasteiger partial charge is 0.237 e. The Morgan fingerprint density at radius 2 is 1.81 bits per heavy atom. The number of anilines is 1. The number of nitrogens with zero attached hydrogens (tertiary/aromatic N) is 8. The van der Waals surface area contributed by atoms with Crippen molar-refractivity contribution in [3.05, 3.63) is 101 Å². The van der Waals surface area contributed by atoms with Crippen LogP contribution in [-0.4, -0.2) is 86.3 Å². The molecule has 6 heterocycles. The molecule has 1 atom stereocenters. The summed E-state index contributed by atoms with van der Waals surface area (Å²) in [7, 11) is 1.86. The van der Waals surface area contributed by atoms with E-state index in [1.54, 1.807) is 17.2 Å². The average molecular weight is 627 g/mol. The summed E-state index contributed by atoms with van der Waals surface area (Å²) in [6, 6.07) is 16.6. The number of carbonyl (C=O) groups is 2. The van der Waals surface area contributed by atoms with Gasteiger partial charge in [0.25, 0.3) is 0 Å². The molecule has 0 aliphatic carbocycles. The van der Waals surface area contributed by atoms with Crippen molar-refractivity contribution in [2.75, 3.05) is 44.2 Å². The summed E-state index contributed by atoms with van der Waals surface area (Å²) >= 11 is 0. The van der Waals surface area contributed by atoms with Gasteiger partial charge in [-0.25, -0.2) is 4.98 Å². The van der Waals surface area contributed by atoms with Crippen molar-refractivity contribution in [1.82, 2.24) is 29.5 Å². The number of amides is 2. The molecule has 10 nitrogen and oxygen atoms in total. The number of rotatable bonds is 6. The van der Waals surface area contributed by atoms with Crippen LogP contribution in [0.1, 0.15) is 47.1 Å². The van der Waals surface area contributed by atoms with Crippen LogP contribution in [0.15, 0.2) is 78.3 Å². The van der Waals surface area contributed by atoms with Gasteiger partial charge >= 0.3 is 0 Å². The van der Waals surface area contributed by atoms with Gasteiger partial charge in [0, 0.05) is 68.0 Å². The Balaban J connectivity index is 0.887. The predicted molar refractivity (Wildman–Crippen MR) is 181 cm³/mol. The molecule has 0 N–H and O–H groups in total. The SMILES string of the molecule is Cc1ccncc1C1=NCc2ccc(N3CC[C@]4(CCN(CC(=O)N5CC=C(c6ccc(-c7ncn(C)n7)cc6)CC5)C4)C3=O)cc21. The lowest BCUT2D eigenvalue weighted by molar-refractivity contribution is -0.132. The van der Waals surface area contributed by atoms with E-state index in [1.807, 2.05) is 29.1 Å². The first-order valence-corrected chi connectivity index (χ1v) is 16.4. The zero-order valence-corrected chi connectivity index (χ0v) is 26.9. The number of aryl methyl sites for hydroxylation is 2. The minimum atomic E-state index is -0.428. The second-order valence-electron chi connectivity index (χ2n) is 13.3. The normalized spacial score (nSPS) is 21.0. The van der Waals surface area contributed by atoms with E-state index in [1.165, 1.54) is 16.7 Å². The van der Waals surface area contributed by atoms with Crippen molar-refractivity contribution in [3.8, 4) is 11.4 Å². The Kier molecular flexibility index (Phi) is 7.32. The molecule has 238 valence electrons. The second kappa shape index (κ2) is 11.7. The Labute approximate surface area is 274 Å². The molecule has 4 aliphatic rings. The van der Waals surface area contributed by atoms with Crippen molar-refractivity contribution < 1.29 is 9.59 Å². The molecular formula is C37H38N8O2. The number of hydrogen-bond acceptors (Lipinski definition) is 7. The van der Waals surface area contributed by atoms with Crippen molar-refractivity contribution >= 4 is 28.8 Å². The lowest BCUT2D eigenvalue weighted by Gasteiger charge is -2.29. The van der Waals surface area contributed by atoms with E-state index in [0.717, 1.165) is 59.5 Å². The van der Waals surface area contributed by atoms with E-state index >= 15 is 0 Å². The highest BCUT2D eigenvalue weighted by Crippen LogP contribution is 2.43. The molecule has 0 unspecified atom stereocenters. The molecule has 2 amide bonds. The second-order valence-corrected chi connectivity index (χ2v) is 13.3. The van der Waals surface area contributed by atoms with Gasteiger partial charge in [0.05, 0.1) is 24.2 Å². The van der Waals surface area contributed by atoms with Crippen LogP contribution in [0.4, 0.5) is 5.69 Å². The zero-order valence-electron chi connectivity index (χ0n) is 26.9. The van der Waals surface area contributed by atoms with E-state index in [2.05, 4.69) is 75.4 Å². The highest BCUT2D eigenvalue weighted by molar-refractivity contribution is 6.16. The van der Waals surface area contributed by atoms with Crippen LogP contribution in [0.5, 0.6) is 0 Å². The van der Waals surface area contributed by atoms with Crippen molar-refractivity contribution in [3.63, 3.8) is 0 Å². The third-order valence-corrected chi connectivity index (χ3v) is 10.3. The average Bonchev–Trinajstić information content (AvgIpc) is 3.89. The van der Waals surface area contributed by atoms with E-state index in [4.69, 9.17) is 4.99 Å². The third kappa shape index (κ3) is 5.36. The van der Waals surface area contributed by atoms with Gasteiger partial charge < -0.3 is 9.80 Å². The summed E-state index contributed by atoms with van der Waals surface area (Å²) in [5.41, 5.74) is 9.30. The van der Waals surface area contributed by atoms with Crippen molar-refractivity contribution in [2.24, 2.45) is 17.5 Å². The topological polar surface area (TPSA) is 99.8 Å². The molecule has 4 aromatic rings. The van der Waals surface area contributed by atoms with Crippen LogP contribution in [0.3, 0.4) is 0 Å². The highest BCUT2D eigenvalue weighted by Gasteiger charge is 2.51. The van der Waals surface area contributed by atoms with Crippen LogP contribution in [0, 0.1) is 12.3 Å². The first kappa shape index (κ1) is 29.4. The van der Waals surface area contributed by atoms with Gasteiger partial charge in [-0.2, -0.15) is 5.10 Å². The minimum Gasteiger partial charge on any atom is -0.338 e. The fourth-order valence-corrected chi connectivity index (χ4v) is 7.58. The standard InChI is InChI=1S/C37H38N8O2/c1-25-9-14-38-21-32(25)34-31-19-30(8-7-29(31)20-39-34)45-18-13-37(36(45)47)12-17-43(23-37)22-33(46)44-15-10-27(11-16-44)26-3-5-28(6-4-26)35-40-24-42(2)41-35/h3-10,14,19,21,24H,11-13,15-18,20,22-23H2,1-2H3/t37-/m0/s1. The molecule has 1 spiro atoms. The maximum absolute atomic E-state index is 14.0. The molecule has 0 bridgehead atoms. The minimum absolute atomic E-state index is 0.132. The first-order valence-electron chi connectivity index (χ1n) is 16.4. The van der Waals surface area contributed by atoms with Crippen LogP contribution in [0.25, 0.3) is 17.0 Å². The quantitative estimate of drug-likeness (QED) is 0.317. The largest absolute Gasteiger partial charge is 0.338 e. The molecule has 8 rings (SSSR count). The molecule has 0 radical (unpaired) electrons. The van der Waals surface area contributed by atoms with Gasteiger partial charge in [0.2, 0.25) is 11.8 Å². The zero-order chi connectivity index (χ0) is 32.1. The first-order chi connectivity index (χ1) is 22.9. The van der Waals surface area contributed by atoms with Crippen molar-refractivity contribution in [1.29, 1.82) is 0 Å². The highest BCUT2D eigenvalue weighted by atomic mass is 16.2. The van der Waals surface area contributed by atoms with E-state index in [9.17, 15) is 9.59 Å². The number of aliphatic imine (C=N–C) groups is 1. The maximum Gasteiger partial charge on any atom is 0.237 e. The van der Waals surface area contributed by atoms with E-state index in [-0.39, 0.29) is 11.8 Å². The van der Waals surface area contributed by atoms with Crippen LogP contribution >= 0.6 is 0 Å². The van der Waals surface area contributed by atoms with Gasteiger partial charge in [-0.05, 0) is 73.2 Å². The van der Waals surface area contributed by atoms with Crippen LogP contribution < -0.4 is 4.90 Å². The van der Waals surface area contributed by atoms with Gasteiger partial charge in [-0.15, -0.1) is 0 Å². The fraction of sp³-hybridized carbons (Fsp3) is 0.351. The van der Waals surface area contributed by atoms with Gasteiger partial charge in [-0.3, -0.25) is 29.1 Å². The Morgan fingerprint density at radius 1 is 0.979 bits per heavy atom. The number of likely N-dealkylation sites (tertiary alicyclic amines) is 1. The number of hydrogen-bond donors (Lipinski definition) is 0. The Morgan fingerprint density at radius 3 is 2.57 bits per heavy atom. The molecule has 10 heteroatoms. The summed E-state index contributed by atoms with van der Waals surface area (Å²) < 4.78 is 1.70. The Bertz CT molecular complexity index is 1940. The molecule has 2 saturated heterocycles. The molecule has 0 saturated carbocycles. The van der Waals surface area contributed by atoms with Crippen LogP contribution in [0.2, 0.25) is 0 Å². The van der Waals surface area contributed by atoms with Gasteiger partial charge in [0.15, 0.2) is 5.82 Å². The molecule has 47 heavy (non-hydrogen) atoms. The fourth-order valence-electron chi connectivity index (χ4n) is 7.58. The summed E-state index contributed by atoms with van der Waals surface area (Å²) in [4.78, 5) is 46.9. The summed E-state index contributed by atoms with van der Waals surface area (Å²) in [5, 5.41) is 4.38. The van der Waals surface area contributed by atoms with Gasteiger partial charge in [0.1, 0.15) is 6.33 Å². The van der Waals surface area contributed by atoms with E-state index in [0.29, 0.717) is 45.1 Å². The molecule has 2 aromatic heterocycles. The summed E-state index contributed by atoms with van der Waals surface area (Å²) in [5.74, 6) is 1.03.